The number of benzene rings is 1. The molecule has 1 aromatic carbocycles. The summed E-state index contributed by atoms with van der Waals surface area (Å²) in [6.45, 7) is 6.62. The van der Waals surface area contributed by atoms with Gasteiger partial charge in [0.05, 0.1) is 6.61 Å². The summed E-state index contributed by atoms with van der Waals surface area (Å²) in [5.74, 6) is 0.745. The Bertz CT molecular complexity index is 421. The van der Waals surface area contributed by atoms with Gasteiger partial charge in [-0.25, -0.2) is 4.67 Å². The molecule has 0 fully saturated rings. The molecule has 1 N–H and O–H groups in total. The van der Waals surface area contributed by atoms with Crippen LogP contribution in [0.1, 0.15) is 38.5 Å². The van der Waals surface area contributed by atoms with E-state index in [1.54, 1.807) is 14.2 Å². The van der Waals surface area contributed by atoms with Crippen molar-refractivity contribution in [2.24, 2.45) is 0 Å². The normalized spacial score (nSPS) is 12.8. The molecule has 0 radical (unpaired) electrons. The first-order chi connectivity index (χ1) is 11.7. The molecule has 0 aliphatic heterocycles. The molecule has 0 aromatic heterocycles. The van der Waals surface area contributed by atoms with Crippen LogP contribution in [-0.4, -0.2) is 50.1 Å². The number of methoxy groups -OCH3 is 2. The third-order valence-corrected chi connectivity index (χ3v) is 4.64. The molecular weight excluding hydrogens is 329 g/mol. The summed E-state index contributed by atoms with van der Waals surface area (Å²) in [4.78, 5) is 10.1. The third-order valence-electron chi connectivity index (χ3n) is 3.34. The van der Waals surface area contributed by atoms with Crippen molar-refractivity contribution in [2.75, 3.05) is 40.5 Å². The Morgan fingerprint density at radius 3 is 2.08 bits per heavy atom. The zero-order valence-corrected chi connectivity index (χ0v) is 16.0. The summed E-state index contributed by atoms with van der Waals surface area (Å²) in [5.41, 5.74) is 0.928. The molecule has 1 unspecified atom stereocenters. The van der Waals surface area contributed by atoms with Gasteiger partial charge in [-0.1, -0.05) is 26.0 Å². The molecule has 0 saturated carbocycles. The summed E-state index contributed by atoms with van der Waals surface area (Å²) in [7, 11) is 1.67. The van der Waals surface area contributed by atoms with E-state index < -0.39 is 8.53 Å². The monoisotopic (exact) mass is 359 g/mol. The van der Waals surface area contributed by atoms with Gasteiger partial charge in [0.2, 0.25) is 0 Å². The number of ether oxygens (including phenoxy) is 3. The maximum absolute atomic E-state index is 10.1. The van der Waals surface area contributed by atoms with Gasteiger partial charge in [0, 0.05) is 32.9 Å². The van der Waals surface area contributed by atoms with Crippen LogP contribution >= 0.6 is 8.53 Å². The van der Waals surface area contributed by atoms with Crippen LogP contribution in [0.2, 0.25) is 0 Å². The van der Waals surface area contributed by atoms with Gasteiger partial charge in [-0.05, 0) is 25.0 Å². The van der Waals surface area contributed by atoms with Gasteiger partial charge in [0.1, 0.15) is 12.4 Å². The van der Waals surface area contributed by atoms with E-state index in [0.717, 1.165) is 37.2 Å². The third kappa shape index (κ3) is 7.43. The number of rotatable bonds is 13. The quantitative estimate of drug-likeness (QED) is 0.329. The minimum atomic E-state index is -1.53. The Morgan fingerprint density at radius 1 is 1.00 bits per heavy atom. The SMILES string of the molecule is CCCN(CCC)P(O)OCCOc1ccc(C(OC)OC)cc1. The molecule has 7 heteroatoms. The fourth-order valence-corrected chi connectivity index (χ4v) is 3.39. The van der Waals surface area contributed by atoms with Crippen LogP contribution in [0.15, 0.2) is 24.3 Å². The Balaban J connectivity index is 2.34. The molecule has 1 rings (SSSR count). The Labute approximate surface area is 146 Å². The average Bonchev–Trinajstić information content (AvgIpc) is 2.60. The lowest BCUT2D eigenvalue weighted by molar-refractivity contribution is -0.106. The van der Waals surface area contributed by atoms with Gasteiger partial charge in [-0.15, -0.1) is 0 Å². The lowest BCUT2D eigenvalue weighted by atomic mass is 10.2. The van der Waals surface area contributed by atoms with E-state index in [1.807, 2.05) is 28.9 Å². The molecule has 0 aliphatic rings. The molecule has 0 saturated heterocycles. The second-order valence-electron chi connectivity index (χ2n) is 5.26. The van der Waals surface area contributed by atoms with Crippen LogP contribution in [0.3, 0.4) is 0 Å². The van der Waals surface area contributed by atoms with E-state index in [1.165, 1.54) is 0 Å². The van der Waals surface area contributed by atoms with E-state index in [0.29, 0.717) is 13.2 Å². The lowest BCUT2D eigenvalue weighted by Gasteiger charge is -2.25. The summed E-state index contributed by atoms with van der Waals surface area (Å²) < 4.78 is 23.5. The zero-order chi connectivity index (χ0) is 17.8. The predicted octanol–water partition coefficient (Wildman–Crippen LogP) is 3.71. The molecule has 24 heavy (non-hydrogen) atoms. The highest BCUT2D eigenvalue weighted by Gasteiger charge is 2.15. The maximum Gasteiger partial charge on any atom is 0.256 e. The van der Waals surface area contributed by atoms with Crippen molar-refractivity contribution in [3.8, 4) is 5.75 Å². The molecule has 1 atom stereocenters. The van der Waals surface area contributed by atoms with E-state index in [-0.39, 0.29) is 6.29 Å². The van der Waals surface area contributed by atoms with Gasteiger partial charge < -0.3 is 23.6 Å². The van der Waals surface area contributed by atoms with Gasteiger partial charge in [-0.2, -0.15) is 0 Å². The Kier molecular flexibility index (Phi) is 11.2. The average molecular weight is 359 g/mol. The second kappa shape index (κ2) is 12.6. The molecule has 1 aromatic rings. The van der Waals surface area contributed by atoms with E-state index in [9.17, 15) is 4.89 Å². The summed E-state index contributed by atoms with van der Waals surface area (Å²) in [6.07, 6.45) is 1.62. The van der Waals surface area contributed by atoms with Crippen molar-refractivity contribution in [1.29, 1.82) is 0 Å². The lowest BCUT2D eigenvalue weighted by Crippen LogP contribution is -2.21. The van der Waals surface area contributed by atoms with E-state index in [2.05, 4.69) is 13.8 Å². The minimum Gasteiger partial charge on any atom is -0.491 e. The van der Waals surface area contributed by atoms with Crippen molar-refractivity contribution in [3.05, 3.63) is 29.8 Å². The van der Waals surface area contributed by atoms with Crippen molar-refractivity contribution >= 4 is 8.53 Å². The van der Waals surface area contributed by atoms with Gasteiger partial charge >= 0.3 is 0 Å². The van der Waals surface area contributed by atoms with Crippen LogP contribution in [-0.2, 0) is 14.0 Å². The Morgan fingerprint density at radius 2 is 1.58 bits per heavy atom. The molecule has 138 valence electrons. The van der Waals surface area contributed by atoms with E-state index >= 15 is 0 Å². The number of nitrogens with zero attached hydrogens (tertiary/aromatic N) is 1. The summed E-state index contributed by atoms with van der Waals surface area (Å²) in [6, 6.07) is 7.53. The number of hydrogen-bond acceptors (Lipinski definition) is 6. The standard InChI is InChI=1S/C17H30NO5P/c1-5-11-18(12-6-2)24(19)23-14-13-22-16-9-7-15(8-10-16)17(20-3)21-4/h7-10,17,19H,5-6,11-14H2,1-4H3. The fraction of sp³-hybridized carbons (Fsp3) is 0.647. The van der Waals surface area contributed by atoms with Crippen LogP contribution in [0.4, 0.5) is 0 Å². The van der Waals surface area contributed by atoms with Gasteiger partial charge in [-0.3, -0.25) is 0 Å². The van der Waals surface area contributed by atoms with Crippen molar-refractivity contribution in [2.45, 2.75) is 33.0 Å². The molecule has 0 amide bonds. The smallest absolute Gasteiger partial charge is 0.256 e. The van der Waals surface area contributed by atoms with Crippen molar-refractivity contribution in [1.82, 2.24) is 4.67 Å². The highest BCUT2D eigenvalue weighted by atomic mass is 31.2. The second-order valence-corrected chi connectivity index (χ2v) is 6.59. The molecule has 6 nitrogen and oxygen atoms in total. The Hall–Kier alpha value is -0.750. The summed E-state index contributed by atoms with van der Waals surface area (Å²) in [5, 5.41) is 0. The van der Waals surface area contributed by atoms with Crippen LogP contribution in [0.5, 0.6) is 5.75 Å². The topological polar surface area (TPSA) is 60.4 Å². The van der Waals surface area contributed by atoms with Crippen molar-refractivity contribution in [3.63, 3.8) is 0 Å². The largest absolute Gasteiger partial charge is 0.491 e. The van der Waals surface area contributed by atoms with Gasteiger partial charge in [0.25, 0.3) is 8.53 Å². The van der Waals surface area contributed by atoms with E-state index in [4.69, 9.17) is 18.7 Å². The molecule has 0 heterocycles. The molecular formula is C17H30NO5P. The first kappa shape index (κ1) is 21.3. The van der Waals surface area contributed by atoms with Crippen LogP contribution in [0, 0.1) is 0 Å². The molecule has 0 spiro atoms. The molecule has 0 bridgehead atoms. The molecule has 0 aliphatic carbocycles. The highest BCUT2D eigenvalue weighted by Crippen LogP contribution is 2.36. The van der Waals surface area contributed by atoms with Gasteiger partial charge in [0.15, 0.2) is 6.29 Å². The highest BCUT2D eigenvalue weighted by molar-refractivity contribution is 7.43. The number of hydrogen-bond donors (Lipinski definition) is 1. The zero-order valence-electron chi connectivity index (χ0n) is 15.1. The van der Waals surface area contributed by atoms with Crippen LogP contribution in [0.25, 0.3) is 0 Å². The summed E-state index contributed by atoms with van der Waals surface area (Å²) >= 11 is 0. The predicted molar refractivity (Wildman–Crippen MR) is 95.9 cm³/mol. The maximum atomic E-state index is 10.1. The fourth-order valence-electron chi connectivity index (χ4n) is 2.25. The van der Waals surface area contributed by atoms with Crippen LogP contribution < -0.4 is 4.74 Å². The first-order valence-electron chi connectivity index (χ1n) is 8.31. The first-order valence-corrected chi connectivity index (χ1v) is 9.47. The minimum absolute atomic E-state index is 0.354. The van der Waals surface area contributed by atoms with Crippen molar-refractivity contribution < 1.29 is 23.6 Å².